The van der Waals surface area contributed by atoms with Crippen LogP contribution in [0, 0.1) is 97.5 Å². The molecule has 3 aliphatic carbocycles. The molecular formula is C77H93F12LiO7. The van der Waals surface area contributed by atoms with Gasteiger partial charge in [0.2, 0.25) is 17.5 Å². The number of aliphatic hydroxyl groups is 1. The van der Waals surface area contributed by atoms with E-state index in [4.69, 9.17) is 23.7 Å². The van der Waals surface area contributed by atoms with Crippen molar-refractivity contribution in [3.8, 4) is 17.2 Å². The second kappa shape index (κ2) is 42.7. The van der Waals surface area contributed by atoms with Gasteiger partial charge in [0.1, 0.15) is 5.78 Å². The molecule has 5 aliphatic rings. The fourth-order valence-corrected chi connectivity index (χ4v) is 11.4. The summed E-state index contributed by atoms with van der Waals surface area (Å²) >= 11 is 0. The van der Waals surface area contributed by atoms with Crippen molar-refractivity contribution in [1.29, 1.82) is 0 Å². The summed E-state index contributed by atoms with van der Waals surface area (Å²) in [6.45, 7) is 20.5. The largest absolute Gasteiger partial charge is 1.00 e. The Bertz CT molecular complexity index is 3380. The van der Waals surface area contributed by atoms with Crippen molar-refractivity contribution in [3.05, 3.63) is 206 Å². The van der Waals surface area contributed by atoms with Gasteiger partial charge in [0.15, 0.2) is 69.6 Å². The summed E-state index contributed by atoms with van der Waals surface area (Å²) in [5.74, 6) is -11.5. The van der Waals surface area contributed by atoms with Crippen molar-refractivity contribution in [1.82, 2.24) is 0 Å². The molecule has 4 fully saturated rings. The monoisotopic (exact) mass is 1360 g/mol. The molecule has 1 unspecified atom stereocenters. The van der Waals surface area contributed by atoms with Crippen molar-refractivity contribution in [2.45, 2.75) is 194 Å². The summed E-state index contributed by atoms with van der Waals surface area (Å²) in [6, 6.07) is 19.0. The van der Waals surface area contributed by atoms with Crippen LogP contribution in [0.4, 0.5) is 52.7 Å². The van der Waals surface area contributed by atoms with Gasteiger partial charge >= 0.3 is 18.9 Å². The Kier molecular flexibility index (Phi) is 36.6. The Labute approximate surface area is 577 Å². The van der Waals surface area contributed by atoms with Crippen LogP contribution in [0.25, 0.3) is 5.57 Å². The molecule has 0 spiro atoms. The van der Waals surface area contributed by atoms with Crippen LogP contribution in [-0.4, -0.2) is 57.1 Å². The minimum absolute atomic E-state index is 0. The topological polar surface area (TPSA) is 83.5 Å². The SMILES string of the molecule is C1CCOC1.C1CCOC1.CCCCOc1ccc(C2CCC(=O)CC2)c(F)c1F.CCOc1ccc(C2(O)CCC(c3ccc(C)c(F)c3F)CC2)c(F)c1F.CCOc1ccc(C2=CCC(c3ccc(C)c(F)c3F)CC2)c(F)c1F.Cc1cccc(F)c1F.[CH2-]CCC.[Li+]. The fourth-order valence-electron chi connectivity index (χ4n) is 11.4. The van der Waals surface area contributed by atoms with Crippen LogP contribution in [0.3, 0.4) is 0 Å². The Balaban J connectivity index is 0.000000265. The molecule has 0 bridgehead atoms. The number of carbonyl (C=O) groups excluding carboxylic acids is 1. The molecule has 2 aliphatic heterocycles. The average molecular weight is 1370 g/mol. The number of rotatable bonds is 14. The van der Waals surface area contributed by atoms with Gasteiger partial charge in [-0.1, -0.05) is 75.2 Å². The molecule has 20 heteroatoms. The standard InChI is InChI=1S/C21H22F4O2.C21H20F4O.C16H20F2O2.C7H6F2.2C4H8O.C4H9.Li/c1-3-27-16-7-6-15(19(24)20(16)25)21(26)10-8-13(9-11-21)14-5-4-12(2)17(22)18(14)23;1-3-26-17-11-10-16(20(24)21(17)25)14-7-5-13(6-8-14)15-9-4-12(2)18(22)19(15)23;1-2-3-10-20-14-9-8-13(15(17)16(14)18)11-4-6-12(19)7-5-11;1-5-3-2-4-6(8)7(5)9;2*1-2-4-5-3-1;1-3-4-2;/h4-7,13,26H,3,8-11H2,1-2H3;4,7,9-11,13H,3,5-6,8H2,1-2H3;8-9,11H,2-7,10H2,1H3;2-4H,1H3;2*1-4H2;1,3-4H2,2H3;/q;;;;;;-1;+1. The first-order chi connectivity index (χ1) is 46.0. The van der Waals surface area contributed by atoms with Gasteiger partial charge in [-0.2, -0.15) is 19.6 Å². The smallest absolute Gasteiger partial charge is 0.491 e. The summed E-state index contributed by atoms with van der Waals surface area (Å²) < 4.78 is 191. The second-order valence-electron chi connectivity index (χ2n) is 24.2. The van der Waals surface area contributed by atoms with E-state index in [1.807, 2.05) is 6.92 Å². The van der Waals surface area contributed by atoms with Gasteiger partial charge in [0, 0.05) is 50.4 Å². The van der Waals surface area contributed by atoms with Crippen molar-refractivity contribution in [2.24, 2.45) is 0 Å². The number of hydrogen-bond acceptors (Lipinski definition) is 7. The van der Waals surface area contributed by atoms with Gasteiger partial charge in [-0.05, 0) is 218 Å². The van der Waals surface area contributed by atoms with E-state index in [1.165, 1.54) is 101 Å². The summed E-state index contributed by atoms with van der Waals surface area (Å²) in [5.41, 5.74) is 1.01. The maximum absolute atomic E-state index is 14.5. The summed E-state index contributed by atoms with van der Waals surface area (Å²) in [7, 11) is 0. The number of carbonyl (C=O) groups is 1. The van der Waals surface area contributed by atoms with E-state index >= 15 is 0 Å². The third-order valence-electron chi connectivity index (χ3n) is 17.2. The molecule has 1 atom stereocenters. The Morgan fingerprint density at radius 3 is 1.37 bits per heavy atom. The van der Waals surface area contributed by atoms with Crippen LogP contribution < -0.4 is 33.1 Å². The van der Waals surface area contributed by atoms with Gasteiger partial charge in [-0.25, -0.2) is 39.5 Å². The molecule has 2 saturated heterocycles. The number of ether oxygens (including phenoxy) is 5. The molecule has 1 N–H and O–H groups in total. The minimum Gasteiger partial charge on any atom is -0.491 e. The van der Waals surface area contributed by atoms with E-state index in [9.17, 15) is 62.6 Å². The molecule has 6 aromatic carbocycles. The maximum Gasteiger partial charge on any atom is 1.00 e. The second-order valence-corrected chi connectivity index (χ2v) is 24.2. The molecule has 11 rings (SSSR count). The first-order valence-corrected chi connectivity index (χ1v) is 33.5. The number of Topliss-reactive ketones (excluding diaryl/α,β-unsaturated/α-hetero) is 1. The summed E-state index contributed by atoms with van der Waals surface area (Å²) in [4.78, 5) is 11.2. The summed E-state index contributed by atoms with van der Waals surface area (Å²) in [6.07, 6.45) is 15.4. The van der Waals surface area contributed by atoms with Gasteiger partial charge in [-0.15, -0.1) is 0 Å². The normalized spacial score (nSPS) is 18.0. The first kappa shape index (κ1) is 83.2. The Morgan fingerprint density at radius 2 is 0.918 bits per heavy atom. The molecule has 0 amide bonds. The van der Waals surface area contributed by atoms with E-state index in [0.717, 1.165) is 51.8 Å². The minimum atomic E-state index is -1.55. The number of hydrogen-bond donors (Lipinski definition) is 1. The Hall–Kier alpha value is -6.23. The maximum atomic E-state index is 14.5. The van der Waals surface area contributed by atoms with Crippen LogP contribution in [0.15, 0.2) is 84.9 Å². The van der Waals surface area contributed by atoms with Gasteiger partial charge in [-0.3, -0.25) is 4.79 Å². The van der Waals surface area contributed by atoms with Crippen molar-refractivity contribution in [2.75, 3.05) is 46.2 Å². The number of benzene rings is 6. The predicted molar refractivity (Wildman–Crippen MR) is 351 cm³/mol. The molecule has 528 valence electrons. The van der Waals surface area contributed by atoms with Gasteiger partial charge in [0.25, 0.3) is 0 Å². The van der Waals surface area contributed by atoms with E-state index in [1.54, 1.807) is 44.2 Å². The predicted octanol–water partition coefficient (Wildman–Crippen LogP) is 18.7. The van der Waals surface area contributed by atoms with Crippen LogP contribution in [-0.2, 0) is 19.9 Å². The molecule has 2 heterocycles. The van der Waals surface area contributed by atoms with Crippen molar-refractivity contribution in [3.63, 3.8) is 0 Å². The quantitative estimate of drug-likeness (QED) is 0.0503. The zero-order chi connectivity index (χ0) is 70.5. The number of halogens is 12. The fraction of sp³-hybridized carbons (Fsp3) is 0.481. The van der Waals surface area contributed by atoms with Crippen LogP contribution in [0.5, 0.6) is 17.2 Å². The van der Waals surface area contributed by atoms with E-state index in [-0.39, 0.29) is 114 Å². The number of aryl methyl sites for hydroxylation is 3. The zero-order valence-corrected chi connectivity index (χ0v) is 57.3. The molecular weight excluding hydrogens is 1270 g/mol. The number of ketones is 1. The van der Waals surface area contributed by atoms with E-state index < -0.39 is 75.4 Å². The first-order valence-electron chi connectivity index (χ1n) is 33.5. The zero-order valence-electron chi connectivity index (χ0n) is 57.3. The van der Waals surface area contributed by atoms with Gasteiger partial charge in [0.05, 0.1) is 25.4 Å². The number of unbranched alkanes of at least 4 members (excludes halogenated alkanes) is 2. The molecule has 7 nitrogen and oxygen atoms in total. The molecule has 0 radical (unpaired) electrons. The summed E-state index contributed by atoms with van der Waals surface area (Å²) in [5, 5.41) is 10.9. The van der Waals surface area contributed by atoms with Crippen molar-refractivity contribution >= 4 is 11.4 Å². The third kappa shape index (κ3) is 24.3. The Morgan fingerprint density at radius 1 is 0.485 bits per heavy atom. The molecule has 2 saturated carbocycles. The van der Waals surface area contributed by atoms with Crippen molar-refractivity contribution < 1.29 is 105 Å². The molecule has 0 aromatic heterocycles. The van der Waals surface area contributed by atoms with Crippen LogP contribution >= 0.6 is 0 Å². The van der Waals surface area contributed by atoms with E-state index in [2.05, 4.69) is 13.8 Å². The average Bonchev–Trinajstić information content (AvgIpc) is 0.860. The van der Waals surface area contributed by atoms with Crippen LogP contribution in [0.1, 0.15) is 212 Å². The van der Waals surface area contributed by atoms with E-state index in [0.29, 0.717) is 86.7 Å². The molecule has 6 aromatic rings. The van der Waals surface area contributed by atoms with Crippen LogP contribution in [0.2, 0.25) is 0 Å². The van der Waals surface area contributed by atoms with Gasteiger partial charge < -0.3 is 35.7 Å². The third-order valence-corrected chi connectivity index (χ3v) is 17.2. The number of allylic oxidation sites excluding steroid dienone is 2. The molecule has 97 heavy (non-hydrogen) atoms.